The highest BCUT2D eigenvalue weighted by Gasteiger charge is 2.74. The third-order valence-electron chi connectivity index (χ3n) is 8.40. The van der Waals surface area contributed by atoms with Gasteiger partial charge in [-0.1, -0.05) is 72.3 Å². The van der Waals surface area contributed by atoms with Gasteiger partial charge in [0.15, 0.2) is 0 Å². The monoisotopic (exact) mass is 564 g/mol. The molecule has 2 aromatic rings. The average Bonchev–Trinajstić information content (AvgIpc) is 3.17. The average molecular weight is 565 g/mol. The Morgan fingerprint density at radius 2 is 1.82 bits per heavy atom. The minimum absolute atomic E-state index is 0.143. The Morgan fingerprint density at radius 1 is 1.05 bits per heavy atom. The number of likely N-dealkylation sites (tertiary alicyclic amines) is 1. The number of cyclic esters (lactones) is 1. The number of thioether (sulfide) groups is 1. The zero-order valence-corrected chi connectivity index (χ0v) is 23.2. The summed E-state index contributed by atoms with van der Waals surface area (Å²) in [5.41, 5.74) is 2.13. The van der Waals surface area contributed by atoms with Gasteiger partial charge in [0.25, 0.3) is 5.91 Å². The third kappa shape index (κ3) is 3.79. The second-order valence-corrected chi connectivity index (χ2v) is 12.8. The van der Waals surface area contributed by atoms with Gasteiger partial charge in [-0.15, -0.1) is 11.8 Å². The Kier molecular flexibility index (Phi) is 6.40. The van der Waals surface area contributed by atoms with Crippen LogP contribution in [0.5, 0.6) is 0 Å². The predicted molar refractivity (Wildman–Crippen MR) is 150 cm³/mol. The van der Waals surface area contributed by atoms with Crippen LogP contribution in [0.4, 0.5) is 5.69 Å². The lowest BCUT2D eigenvalue weighted by Gasteiger charge is -2.40. The maximum absolute atomic E-state index is 14.7. The molecular weight excluding hydrogens is 536 g/mol. The molecule has 7 nitrogen and oxygen atoms in total. The first-order chi connectivity index (χ1) is 18.7. The maximum atomic E-state index is 14.7. The topological polar surface area (TPSA) is 87.2 Å². The molecule has 1 unspecified atom stereocenters. The molecule has 4 aliphatic rings. The summed E-state index contributed by atoms with van der Waals surface area (Å²) in [6, 6.07) is 12.9. The van der Waals surface area contributed by atoms with Crippen LogP contribution in [-0.2, 0) is 19.1 Å². The van der Waals surface area contributed by atoms with Gasteiger partial charge in [-0.3, -0.25) is 14.4 Å². The van der Waals surface area contributed by atoms with Crippen molar-refractivity contribution in [2.45, 2.75) is 35.4 Å². The van der Waals surface area contributed by atoms with Gasteiger partial charge >= 0.3 is 5.97 Å². The number of aliphatic hydroxyl groups excluding tert-OH is 1. The van der Waals surface area contributed by atoms with Crippen molar-refractivity contribution in [1.29, 1.82) is 0 Å². The Labute approximate surface area is 236 Å². The van der Waals surface area contributed by atoms with E-state index in [4.69, 9.17) is 16.3 Å². The second kappa shape index (κ2) is 9.54. The molecule has 2 fully saturated rings. The van der Waals surface area contributed by atoms with Gasteiger partial charge in [-0.05, 0) is 37.1 Å². The smallest absolute Gasteiger partial charge is 0.311 e. The molecule has 4 aliphatic heterocycles. The first-order valence-corrected chi connectivity index (χ1v) is 14.2. The molecule has 6 atom stereocenters. The lowest BCUT2D eigenvalue weighted by Crippen LogP contribution is -2.54. The fraction of sp³-hybridized carbons (Fsp3) is 0.367. The van der Waals surface area contributed by atoms with Crippen LogP contribution in [0.25, 0.3) is 0 Å². The molecule has 4 heterocycles. The van der Waals surface area contributed by atoms with Crippen LogP contribution in [0.1, 0.15) is 24.1 Å². The number of carbonyl (C=O) groups excluding carboxylic acids is 3. The fourth-order valence-electron chi connectivity index (χ4n) is 6.83. The van der Waals surface area contributed by atoms with Crippen LogP contribution in [0.2, 0.25) is 5.02 Å². The van der Waals surface area contributed by atoms with Crippen LogP contribution in [-0.4, -0.2) is 63.1 Å². The number of amides is 2. The molecule has 0 saturated carbocycles. The number of hydrogen-bond acceptors (Lipinski definition) is 6. The molecule has 202 valence electrons. The van der Waals surface area contributed by atoms with Gasteiger partial charge < -0.3 is 19.6 Å². The molecule has 2 aromatic carbocycles. The van der Waals surface area contributed by atoms with Crippen LogP contribution in [0, 0.1) is 18.8 Å². The number of nitrogens with zero attached hydrogens (tertiary/aromatic N) is 2. The first-order valence-electron chi connectivity index (χ1n) is 13.0. The number of para-hydroxylation sites is 1. The summed E-state index contributed by atoms with van der Waals surface area (Å²) < 4.78 is 3.70. The highest BCUT2D eigenvalue weighted by molar-refractivity contribution is 8.02. The van der Waals surface area contributed by atoms with Crippen LogP contribution >= 0.6 is 23.4 Å². The SMILES string of the molecule is Cc1cccc(Cl)c1N1CC=C[C@]23S[C@]4(C)C=CCOC(=O)[C@@H]4[C@H]2C(=O)N([C@H](CO)c2ccccc2)C3C1=O. The summed E-state index contributed by atoms with van der Waals surface area (Å²) >= 11 is 8.10. The standard InChI is InChI=1S/C30H29ClN2O5S/c1-18-9-6-12-20(31)24(18)32-15-7-14-30-22(23-28(37)38-16-8-13-29(23,2)39-30)26(35)33(25(30)27(32)36)21(17-34)19-10-4-3-5-11-19/h3-14,21-23,25,34H,15-17H2,1-2H3/t21-,22+,23+,25?,29-,30+/m1/s1. The zero-order valence-electron chi connectivity index (χ0n) is 21.6. The van der Waals surface area contributed by atoms with Gasteiger partial charge in [0, 0.05) is 11.3 Å². The van der Waals surface area contributed by atoms with Crippen molar-refractivity contribution in [3.63, 3.8) is 0 Å². The Morgan fingerprint density at radius 3 is 2.54 bits per heavy atom. The number of rotatable bonds is 4. The number of benzene rings is 2. The summed E-state index contributed by atoms with van der Waals surface area (Å²) in [4.78, 5) is 45.8. The van der Waals surface area contributed by atoms with Gasteiger partial charge in [0.05, 0.1) is 39.9 Å². The highest BCUT2D eigenvalue weighted by Crippen LogP contribution is 2.66. The quantitative estimate of drug-likeness (QED) is 0.445. The van der Waals surface area contributed by atoms with Gasteiger partial charge in [-0.2, -0.15) is 0 Å². The van der Waals surface area contributed by atoms with Crippen molar-refractivity contribution in [2.24, 2.45) is 11.8 Å². The lowest BCUT2D eigenvalue weighted by atomic mass is 9.75. The zero-order chi connectivity index (χ0) is 27.5. The summed E-state index contributed by atoms with van der Waals surface area (Å²) in [5, 5.41) is 11.1. The number of ether oxygens (including phenoxy) is 1. The Bertz CT molecular complexity index is 1390. The largest absolute Gasteiger partial charge is 0.461 e. The van der Waals surface area contributed by atoms with E-state index in [9.17, 15) is 19.5 Å². The number of aliphatic hydroxyl groups is 1. The van der Waals surface area contributed by atoms with E-state index in [1.807, 2.05) is 80.6 Å². The van der Waals surface area contributed by atoms with E-state index in [1.54, 1.807) is 11.0 Å². The molecule has 2 amide bonds. The van der Waals surface area contributed by atoms with E-state index in [0.29, 0.717) is 16.3 Å². The lowest BCUT2D eigenvalue weighted by molar-refractivity contribution is -0.153. The molecule has 0 aliphatic carbocycles. The molecule has 9 heteroatoms. The number of hydrogen-bond donors (Lipinski definition) is 1. The maximum Gasteiger partial charge on any atom is 0.311 e. The molecular formula is C30H29ClN2O5S. The van der Waals surface area contributed by atoms with Crippen LogP contribution in [0.3, 0.4) is 0 Å². The van der Waals surface area contributed by atoms with Crippen molar-refractivity contribution < 1.29 is 24.2 Å². The number of halogens is 1. The van der Waals surface area contributed by atoms with Crippen molar-refractivity contribution in [2.75, 3.05) is 24.7 Å². The number of anilines is 1. The van der Waals surface area contributed by atoms with Crippen LogP contribution < -0.4 is 4.90 Å². The van der Waals surface area contributed by atoms with Crippen molar-refractivity contribution in [3.8, 4) is 0 Å². The summed E-state index contributed by atoms with van der Waals surface area (Å²) in [5.74, 6) is -2.73. The van der Waals surface area contributed by atoms with E-state index in [2.05, 4.69) is 0 Å². The highest BCUT2D eigenvalue weighted by atomic mass is 35.5. The third-order valence-corrected chi connectivity index (χ3v) is 10.5. The van der Waals surface area contributed by atoms with Crippen molar-refractivity contribution in [3.05, 3.63) is 89.0 Å². The number of fused-ring (bicyclic) bond motifs is 2. The van der Waals surface area contributed by atoms with E-state index < -0.39 is 39.4 Å². The number of carbonyl (C=O) groups is 3. The molecule has 1 spiro atoms. The second-order valence-electron chi connectivity index (χ2n) is 10.6. The Balaban J connectivity index is 1.56. The van der Waals surface area contributed by atoms with E-state index in [-0.39, 0.29) is 31.6 Å². The molecule has 1 N–H and O–H groups in total. The Hall–Kier alpha value is -3.07. The van der Waals surface area contributed by atoms with Crippen LogP contribution in [0.15, 0.2) is 72.8 Å². The van der Waals surface area contributed by atoms with Crippen molar-refractivity contribution in [1.82, 2.24) is 4.90 Å². The summed E-state index contributed by atoms with van der Waals surface area (Å²) in [6.45, 7) is 3.85. The molecule has 2 saturated heterocycles. The number of esters is 1. The van der Waals surface area contributed by atoms with Gasteiger partial charge in [0.2, 0.25) is 5.91 Å². The molecule has 39 heavy (non-hydrogen) atoms. The summed E-state index contributed by atoms with van der Waals surface area (Å²) in [7, 11) is 0. The molecule has 0 aromatic heterocycles. The molecule has 6 rings (SSSR count). The number of aryl methyl sites for hydroxylation is 1. The normalized spacial score (nSPS) is 32.3. The van der Waals surface area contributed by atoms with E-state index in [0.717, 1.165) is 5.56 Å². The molecule has 0 radical (unpaired) electrons. The van der Waals surface area contributed by atoms with Gasteiger partial charge in [0.1, 0.15) is 12.6 Å². The van der Waals surface area contributed by atoms with Crippen molar-refractivity contribution >= 4 is 46.8 Å². The fourth-order valence-corrected chi connectivity index (χ4v) is 9.29. The van der Waals surface area contributed by atoms with E-state index in [1.165, 1.54) is 16.7 Å². The summed E-state index contributed by atoms with van der Waals surface area (Å²) in [6.07, 6.45) is 7.59. The van der Waals surface area contributed by atoms with E-state index >= 15 is 0 Å². The first kappa shape index (κ1) is 26.2. The van der Waals surface area contributed by atoms with Gasteiger partial charge in [-0.25, -0.2) is 0 Å². The minimum Gasteiger partial charge on any atom is -0.461 e. The minimum atomic E-state index is -1.06. The predicted octanol–water partition coefficient (Wildman–Crippen LogP) is 4.09. The molecule has 0 bridgehead atoms.